The van der Waals surface area contributed by atoms with E-state index in [1.807, 2.05) is 0 Å². The van der Waals surface area contributed by atoms with Crippen LogP contribution < -0.4 is 9.84 Å². The molecule has 138 valence electrons. The number of hydrogen-bond donors (Lipinski definition) is 1. The van der Waals surface area contributed by atoms with E-state index in [0.29, 0.717) is 21.3 Å². The Morgan fingerprint density at radius 2 is 2.07 bits per heavy atom. The van der Waals surface area contributed by atoms with Crippen molar-refractivity contribution in [2.45, 2.75) is 0 Å². The van der Waals surface area contributed by atoms with Crippen LogP contribution in [0.5, 0.6) is 11.5 Å². The lowest BCUT2D eigenvalue weighted by molar-refractivity contribution is -0.270. The SMILES string of the molecule is COc1ccc(/C=C2\SC(=Nc3cccc(C(=O)O)c3)N(C)C2=O)cc1[O-]. The number of benzene rings is 2. The Morgan fingerprint density at radius 3 is 2.74 bits per heavy atom. The second kappa shape index (κ2) is 7.55. The number of amides is 1. The van der Waals surface area contributed by atoms with Gasteiger partial charge in [-0.25, -0.2) is 9.79 Å². The van der Waals surface area contributed by atoms with Crippen LogP contribution in [0.2, 0.25) is 0 Å². The molecule has 1 aliphatic rings. The van der Waals surface area contributed by atoms with Gasteiger partial charge in [0, 0.05) is 7.05 Å². The van der Waals surface area contributed by atoms with Crippen molar-refractivity contribution in [3.05, 3.63) is 58.5 Å². The second-order valence-corrected chi connectivity index (χ2v) is 6.64. The van der Waals surface area contributed by atoms with E-state index in [0.717, 1.165) is 11.8 Å². The molecule has 2 aromatic carbocycles. The number of amidine groups is 1. The molecule has 1 amide bonds. The number of carboxylic acid groups (broad SMARTS) is 1. The summed E-state index contributed by atoms with van der Waals surface area (Å²) in [5.74, 6) is -1.33. The fraction of sp³-hybridized carbons (Fsp3) is 0.105. The minimum Gasteiger partial charge on any atom is -0.870 e. The number of aromatic carboxylic acids is 1. The zero-order valence-corrected chi connectivity index (χ0v) is 15.3. The molecule has 27 heavy (non-hydrogen) atoms. The van der Waals surface area contributed by atoms with Crippen LogP contribution in [0.4, 0.5) is 5.69 Å². The molecule has 0 aromatic heterocycles. The van der Waals surface area contributed by atoms with Gasteiger partial charge in [0.05, 0.1) is 23.3 Å². The van der Waals surface area contributed by atoms with E-state index in [4.69, 9.17) is 9.84 Å². The zero-order valence-electron chi connectivity index (χ0n) is 14.5. The van der Waals surface area contributed by atoms with Gasteiger partial charge in [-0.2, -0.15) is 0 Å². The number of thioether (sulfide) groups is 1. The molecule has 1 heterocycles. The van der Waals surface area contributed by atoms with Crippen LogP contribution in [-0.4, -0.2) is 41.2 Å². The fourth-order valence-electron chi connectivity index (χ4n) is 2.41. The molecule has 3 rings (SSSR count). The van der Waals surface area contributed by atoms with Gasteiger partial charge in [-0.05, 0) is 47.7 Å². The van der Waals surface area contributed by atoms with Crippen molar-refractivity contribution in [3.63, 3.8) is 0 Å². The summed E-state index contributed by atoms with van der Waals surface area (Å²) in [7, 11) is 3.01. The highest BCUT2D eigenvalue weighted by molar-refractivity contribution is 8.18. The highest BCUT2D eigenvalue weighted by Gasteiger charge is 2.30. The Labute approximate surface area is 159 Å². The van der Waals surface area contributed by atoms with E-state index in [1.165, 1.54) is 30.2 Å². The van der Waals surface area contributed by atoms with Gasteiger partial charge in [0.25, 0.3) is 5.91 Å². The number of aliphatic imine (C=N–C) groups is 1. The molecule has 2 aromatic rings. The molecular formula is C19H15N2O5S-. The molecule has 1 saturated heterocycles. The lowest BCUT2D eigenvalue weighted by Gasteiger charge is -2.12. The predicted molar refractivity (Wildman–Crippen MR) is 101 cm³/mol. The van der Waals surface area contributed by atoms with Gasteiger partial charge in [-0.15, -0.1) is 0 Å². The van der Waals surface area contributed by atoms with Crippen LogP contribution in [0.1, 0.15) is 15.9 Å². The van der Waals surface area contributed by atoms with E-state index >= 15 is 0 Å². The summed E-state index contributed by atoms with van der Waals surface area (Å²) in [6.45, 7) is 0. The van der Waals surface area contributed by atoms with Crippen molar-refractivity contribution in [2.24, 2.45) is 4.99 Å². The standard InChI is InChI=1S/C19H16N2O5S/c1-21-17(23)16(9-11-6-7-15(26-2)14(22)8-11)27-19(21)20-13-5-3-4-12(10-13)18(24)25/h3-10,22H,1-2H3,(H,24,25)/p-1/b16-9-,20-19?. The minimum absolute atomic E-state index is 0.116. The van der Waals surface area contributed by atoms with Crippen molar-refractivity contribution < 1.29 is 24.5 Å². The monoisotopic (exact) mass is 383 g/mol. The average Bonchev–Trinajstić information content (AvgIpc) is 2.90. The molecule has 0 spiro atoms. The number of carboxylic acids is 1. The highest BCUT2D eigenvalue weighted by atomic mass is 32.2. The minimum atomic E-state index is -1.05. The summed E-state index contributed by atoms with van der Waals surface area (Å²) in [4.78, 5) is 29.7. The highest BCUT2D eigenvalue weighted by Crippen LogP contribution is 2.34. The van der Waals surface area contributed by atoms with Gasteiger partial charge < -0.3 is 14.9 Å². The quantitative estimate of drug-likeness (QED) is 0.815. The Hall–Kier alpha value is -3.26. The summed E-state index contributed by atoms with van der Waals surface area (Å²) in [6.07, 6.45) is 1.61. The molecule has 0 radical (unpaired) electrons. The molecule has 8 heteroatoms. The number of ether oxygens (including phenoxy) is 1. The van der Waals surface area contributed by atoms with Gasteiger partial charge >= 0.3 is 5.97 Å². The van der Waals surface area contributed by atoms with E-state index in [1.54, 1.807) is 37.4 Å². The third kappa shape index (κ3) is 3.95. The van der Waals surface area contributed by atoms with Crippen molar-refractivity contribution in [3.8, 4) is 11.5 Å². The lowest BCUT2D eigenvalue weighted by atomic mass is 10.2. The Bertz CT molecular complexity index is 984. The molecule has 0 saturated carbocycles. The maximum atomic E-state index is 12.5. The number of carbonyl (C=O) groups excluding carboxylic acids is 1. The number of hydrogen-bond acceptors (Lipinski definition) is 6. The first-order valence-electron chi connectivity index (χ1n) is 7.83. The maximum absolute atomic E-state index is 12.5. The summed E-state index contributed by atoms with van der Waals surface area (Å²) in [5, 5.41) is 21.3. The molecule has 0 aliphatic carbocycles. The van der Waals surface area contributed by atoms with Gasteiger partial charge in [-0.1, -0.05) is 23.9 Å². The first-order chi connectivity index (χ1) is 12.9. The average molecular weight is 383 g/mol. The van der Waals surface area contributed by atoms with E-state index in [9.17, 15) is 14.7 Å². The van der Waals surface area contributed by atoms with E-state index in [2.05, 4.69) is 4.99 Å². The zero-order chi connectivity index (χ0) is 19.6. The molecule has 0 bridgehead atoms. The molecule has 0 unspecified atom stereocenters. The number of likely N-dealkylation sites (N-methyl/N-ethyl adjacent to an activating group) is 1. The van der Waals surface area contributed by atoms with Crippen molar-refractivity contribution in [2.75, 3.05) is 14.2 Å². The molecule has 1 aliphatic heterocycles. The smallest absolute Gasteiger partial charge is 0.335 e. The third-order valence-electron chi connectivity index (χ3n) is 3.81. The molecule has 1 fully saturated rings. The van der Waals surface area contributed by atoms with E-state index in [-0.39, 0.29) is 23.0 Å². The summed E-state index contributed by atoms with van der Waals surface area (Å²) in [6, 6.07) is 10.8. The first-order valence-corrected chi connectivity index (χ1v) is 8.65. The largest absolute Gasteiger partial charge is 0.870 e. The third-order valence-corrected chi connectivity index (χ3v) is 4.87. The van der Waals surface area contributed by atoms with Crippen LogP contribution in [0.25, 0.3) is 6.08 Å². The van der Waals surface area contributed by atoms with Crippen LogP contribution in [0, 0.1) is 0 Å². The van der Waals surface area contributed by atoms with Gasteiger partial charge in [-0.3, -0.25) is 9.69 Å². The number of rotatable bonds is 4. The van der Waals surface area contributed by atoms with Crippen LogP contribution in [0.15, 0.2) is 52.4 Å². The van der Waals surface area contributed by atoms with Crippen molar-refractivity contribution >= 4 is 40.6 Å². The molecule has 1 N–H and O–H groups in total. The number of methoxy groups -OCH3 is 1. The number of carbonyl (C=O) groups is 2. The van der Waals surface area contributed by atoms with Gasteiger partial charge in [0.2, 0.25) is 0 Å². The predicted octanol–water partition coefficient (Wildman–Crippen LogP) is 2.70. The van der Waals surface area contributed by atoms with E-state index < -0.39 is 5.97 Å². The Kier molecular flexibility index (Phi) is 5.18. The van der Waals surface area contributed by atoms with Crippen molar-refractivity contribution in [1.82, 2.24) is 4.90 Å². The molecule has 7 nitrogen and oxygen atoms in total. The van der Waals surface area contributed by atoms with Gasteiger partial charge in [0.15, 0.2) is 5.17 Å². The fourth-order valence-corrected chi connectivity index (χ4v) is 3.39. The van der Waals surface area contributed by atoms with Crippen LogP contribution >= 0.6 is 11.8 Å². The van der Waals surface area contributed by atoms with Crippen LogP contribution in [-0.2, 0) is 4.79 Å². The lowest BCUT2D eigenvalue weighted by Crippen LogP contribution is -2.23. The summed E-state index contributed by atoms with van der Waals surface area (Å²) < 4.78 is 4.94. The second-order valence-electron chi connectivity index (χ2n) is 5.63. The summed E-state index contributed by atoms with van der Waals surface area (Å²) in [5.41, 5.74) is 1.13. The molecular weight excluding hydrogens is 368 g/mol. The Balaban J connectivity index is 1.89. The van der Waals surface area contributed by atoms with Crippen molar-refractivity contribution in [1.29, 1.82) is 0 Å². The normalized spacial score (nSPS) is 17.0. The van der Waals surface area contributed by atoms with Crippen LogP contribution in [0.3, 0.4) is 0 Å². The number of nitrogens with zero attached hydrogens (tertiary/aromatic N) is 2. The van der Waals surface area contributed by atoms with Gasteiger partial charge in [0.1, 0.15) is 5.75 Å². The topological polar surface area (TPSA) is 102 Å². The summed E-state index contributed by atoms with van der Waals surface area (Å²) >= 11 is 1.15. The maximum Gasteiger partial charge on any atom is 0.335 e. The Morgan fingerprint density at radius 1 is 1.30 bits per heavy atom. The first kappa shape index (κ1) is 18.5. The molecule has 0 atom stereocenters.